The van der Waals surface area contributed by atoms with Gasteiger partial charge in [-0.3, -0.25) is 0 Å². The predicted molar refractivity (Wildman–Crippen MR) is 113 cm³/mol. The van der Waals surface area contributed by atoms with E-state index < -0.39 is 0 Å². The Bertz CT molecular complexity index is 655. The third-order valence-corrected chi connectivity index (χ3v) is 5.21. The fourth-order valence-electron chi connectivity index (χ4n) is 3.35. The van der Waals surface area contributed by atoms with E-state index in [0.717, 1.165) is 37.4 Å². The first-order valence-corrected chi connectivity index (χ1v) is 8.80. The number of likely N-dealkylation sites (N-methyl/N-ethyl adjacent to an activating group) is 1. The maximum absolute atomic E-state index is 5.96. The number of aromatic amines is 1. The van der Waals surface area contributed by atoms with Gasteiger partial charge in [-0.15, -0.1) is 29.9 Å². The highest BCUT2D eigenvalue weighted by Crippen LogP contribution is 2.22. The third kappa shape index (κ3) is 5.64. The van der Waals surface area contributed by atoms with Gasteiger partial charge in [-0.1, -0.05) is 23.7 Å². The molecule has 6 nitrogen and oxygen atoms in total. The molecule has 0 amide bonds. The highest BCUT2D eigenvalue weighted by Gasteiger charge is 2.26. The van der Waals surface area contributed by atoms with Gasteiger partial charge in [-0.2, -0.15) is 4.98 Å². The molecule has 1 fully saturated rings. The third-order valence-electron chi connectivity index (χ3n) is 4.95. The van der Waals surface area contributed by atoms with Gasteiger partial charge in [0.1, 0.15) is 0 Å². The second kappa shape index (κ2) is 10.2. The van der Waals surface area contributed by atoms with Crippen molar-refractivity contribution in [1.82, 2.24) is 20.1 Å². The molecule has 26 heavy (non-hydrogen) atoms. The van der Waals surface area contributed by atoms with E-state index in [2.05, 4.69) is 51.1 Å². The summed E-state index contributed by atoms with van der Waals surface area (Å²) in [7, 11) is 2.23. The minimum absolute atomic E-state index is 0. The number of nitrogens with two attached hydrogens (primary N) is 1. The normalized spacial score (nSPS) is 16.1. The van der Waals surface area contributed by atoms with E-state index in [1.54, 1.807) is 0 Å². The first kappa shape index (κ1) is 22.8. The van der Waals surface area contributed by atoms with Crippen molar-refractivity contribution in [3.05, 3.63) is 34.9 Å². The number of nitrogens with zero attached hydrogens (tertiary/aromatic N) is 4. The molecule has 3 N–H and O–H groups in total. The van der Waals surface area contributed by atoms with Crippen LogP contribution in [0.3, 0.4) is 0 Å². The number of hydrogen-bond donors (Lipinski definition) is 2. The molecule has 1 aliphatic rings. The molecular weight excluding hydrogens is 395 g/mol. The number of rotatable bonds is 5. The zero-order valence-corrected chi connectivity index (χ0v) is 17.4. The van der Waals surface area contributed by atoms with Crippen LogP contribution in [0.4, 0.5) is 11.9 Å². The van der Waals surface area contributed by atoms with Crippen LogP contribution in [-0.4, -0.2) is 52.3 Å². The molecule has 1 aromatic carbocycles. The summed E-state index contributed by atoms with van der Waals surface area (Å²) >= 11 is 5.96. The zero-order chi connectivity index (χ0) is 17.1. The van der Waals surface area contributed by atoms with Crippen LogP contribution in [-0.2, 0) is 6.42 Å². The number of aromatic nitrogens is 3. The second-order valence-electron chi connectivity index (χ2n) is 6.58. The Morgan fingerprint density at radius 3 is 2.42 bits per heavy atom. The topological polar surface area (TPSA) is 74.1 Å². The van der Waals surface area contributed by atoms with Gasteiger partial charge >= 0.3 is 0 Å². The molecule has 0 spiro atoms. The lowest BCUT2D eigenvalue weighted by Gasteiger charge is -2.39. The van der Waals surface area contributed by atoms with Crippen molar-refractivity contribution in [3.8, 4) is 0 Å². The average Bonchev–Trinajstić information content (AvgIpc) is 3.03. The second-order valence-corrected chi connectivity index (χ2v) is 7.02. The van der Waals surface area contributed by atoms with Gasteiger partial charge in [-0.05, 0) is 50.9 Å². The molecule has 0 radical (unpaired) electrons. The van der Waals surface area contributed by atoms with Gasteiger partial charge in [0.2, 0.25) is 11.9 Å². The Morgan fingerprint density at radius 2 is 1.88 bits per heavy atom. The summed E-state index contributed by atoms with van der Waals surface area (Å²) in [5.74, 6) is 1.09. The van der Waals surface area contributed by atoms with Crippen LogP contribution in [0.15, 0.2) is 24.3 Å². The van der Waals surface area contributed by atoms with Gasteiger partial charge in [0.25, 0.3) is 0 Å². The summed E-state index contributed by atoms with van der Waals surface area (Å²) in [6.45, 7) is 4.21. The van der Waals surface area contributed by atoms with Crippen LogP contribution < -0.4 is 10.6 Å². The number of nitrogens with one attached hydrogen (secondary N) is 1. The van der Waals surface area contributed by atoms with E-state index in [1.165, 1.54) is 5.56 Å². The van der Waals surface area contributed by atoms with Crippen molar-refractivity contribution in [2.24, 2.45) is 0 Å². The van der Waals surface area contributed by atoms with Crippen LogP contribution in [0.5, 0.6) is 0 Å². The summed E-state index contributed by atoms with van der Waals surface area (Å²) in [4.78, 5) is 8.91. The molecular formula is C17H27Cl3N6. The van der Waals surface area contributed by atoms with Crippen molar-refractivity contribution < 1.29 is 0 Å². The number of anilines is 2. The largest absolute Gasteiger partial charge is 0.368 e. The summed E-state index contributed by atoms with van der Waals surface area (Å²) in [6, 6.07) is 9.23. The van der Waals surface area contributed by atoms with Crippen LogP contribution in [0.1, 0.15) is 25.3 Å². The van der Waals surface area contributed by atoms with Crippen LogP contribution in [0.25, 0.3) is 0 Å². The summed E-state index contributed by atoms with van der Waals surface area (Å²) in [5, 5.41) is 7.64. The Kier molecular flexibility index (Phi) is 8.96. The number of hydrogen-bond acceptors (Lipinski definition) is 5. The molecule has 1 aliphatic heterocycles. The van der Waals surface area contributed by atoms with Gasteiger partial charge in [0, 0.05) is 30.2 Å². The van der Waals surface area contributed by atoms with Crippen molar-refractivity contribution in [2.75, 3.05) is 30.8 Å². The molecule has 0 saturated carbocycles. The lowest BCUT2D eigenvalue weighted by molar-refractivity contribution is 0.157. The van der Waals surface area contributed by atoms with Crippen molar-refractivity contribution in [2.45, 2.75) is 38.3 Å². The molecule has 1 saturated heterocycles. The van der Waals surface area contributed by atoms with Gasteiger partial charge < -0.3 is 15.5 Å². The number of nitrogen functional groups attached to an aromatic ring is 1. The number of halogens is 3. The first-order valence-electron chi connectivity index (χ1n) is 8.42. The van der Waals surface area contributed by atoms with Gasteiger partial charge in [-0.25, -0.2) is 5.10 Å². The Hall–Kier alpha value is -1.21. The minimum Gasteiger partial charge on any atom is -0.368 e. The quantitative estimate of drug-likeness (QED) is 0.774. The van der Waals surface area contributed by atoms with Crippen molar-refractivity contribution in [1.29, 1.82) is 0 Å². The lowest BCUT2D eigenvalue weighted by Crippen LogP contribution is -2.47. The van der Waals surface area contributed by atoms with E-state index >= 15 is 0 Å². The molecule has 2 heterocycles. The molecule has 0 bridgehead atoms. The van der Waals surface area contributed by atoms with Crippen LogP contribution in [0.2, 0.25) is 5.02 Å². The predicted octanol–water partition coefficient (Wildman–Crippen LogP) is 3.42. The smallest absolute Gasteiger partial charge is 0.246 e. The average molecular weight is 422 g/mol. The summed E-state index contributed by atoms with van der Waals surface area (Å²) in [5.41, 5.74) is 6.94. The minimum atomic E-state index is 0. The molecule has 146 valence electrons. The van der Waals surface area contributed by atoms with E-state index in [1.807, 2.05) is 12.1 Å². The molecule has 9 heteroatoms. The van der Waals surface area contributed by atoms with Crippen molar-refractivity contribution in [3.63, 3.8) is 0 Å². The number of benzene rings is 1. The molecule has 3 rings (SSSR count). The Morgan fingerprint density at radius 1 is 1.27 bits per heavy atom. The maximum Gasteiger partial charge on any atom is 0.246 e. The fraction of sp³-hybridized carbons (Fsp3) is 0.529. The Labute approximate surface area is 172 Å². The Balaban J connectivity index is 0.00000169. The van der Waals surface area contributed by atoms with E-state index in [0.29, 0.717) is 24.0 Å². The van der Waals surface area contributed by atoms with Crippen LogP contribution in [0, 0.1) is 0 Å². The standard InChI is InChI=1S/C17H25ClN6.2ClH/c1-12(11-13-3-5-14(18)6-4-13)23(2)15-7-9-24(10-8-15)17-20-16(19)21-22-17;;/h3-6,12,15H,7-11H2,1-2H3,(H3,19,20,21,22);2*1H. The van der Waals surface area contributed by atoms with E-state index in [9.17, 15) is 0 Å². The number of piperidine rings is 1. The summed E-state index contributed by atoms with van der Waals surface area (Å²) in [6.07, 6.45) is 3.25. The fourth-order valence-corrected chi connectivity index (χ4v) is 3.47. The molecule has 1 unspecified atom stereocenters. The highest BCUT2D eigenvalue weighted by atomic mass is 35.5. The first-order chi connectivity index (χ1) is 11.5. The lowest BCUT2D eigenvalue weighted by atomic mass is 9.99. The molecule has 2 aromatic rings. The monoisotopic (exact) mass is 420 g/mol. The molecule has 1 aromatic heterocycles. The summed E-state index contributed by atoms with van der Waals surface area (Å²) < 4.78 is 0. The van der Waals surface area contributed by atoms with Gasteiger partial charge in [0.05, 0.1) is 0 Å². The van der Waals surface area contributed by atoms with Crippen LogP contribution >= 0.6 is 36.4 Å². The van der Waals surface area contributed by atoms with E-state index in [-0.39, 0.29) is 24.8 Å². The highest BCUT2D eigenvalue weighted by molar-refractivity contribution is 6.30. The van der Waals surface area contributed by atoms with Gasteiger partial charge in [0.15, 0.2) is 0 Å². The molecule has 0 aliphatic carbocycles. The van der Waals surface area contributed by atoms with E-state index in [4.69, 9.17) is 17.3 Å². The molecule has 1 atom stereocenters. The van der Waals surface area contributed by atoms with Crippen molar-refractivity contribution >= 4 is 48.3 Å². The number of H-pyrrole nitrogens is 1. The maximum atomic E-state index is 5.96. The zero-order valence-electron chi connectivity index (χ0n) is 15.1. The SMILES string of the molecule is CC(Cc1ccc(Cl)cc1)N(C)C1CCN(c2n[nH]c(N)n2)CC1.Cl.Cl.